The zero-order valence-corrected chi connectivity index (χ0v) is 13.4. The summed E-state index contributed by atoms with van der Waals surface area (Å²) in [6.45, 7) is 2.44. The number of nitrogens with one attached hydrogen (secondary N) is 2. The molecule has 1 heterocycles. The monoisotopic (exact) mass is 339 g/mol. The molecule has 0 bridgehead atoms. The van der Waals surface area contributed by atoms with Crippen molar-refractivity contribution >= 4 is 27.5 Å². The minimum atomic E-state index is 0.0651. The Kier molecular flexibility index (Phi) is 6.01. The number of likely N-dealkylation sites (tertiary alicyclic amines) is 1. The van der Waals surface area contributed by atoms with Crippen LogP contribution in [0.5, 0.6) is 0 Å². The van der Waals surface area contributed by atoms with Crippen LogP contribution >= 0.6 is 15.9 Å². The molecular formula is C15H22BrN3O. The van der Waals surface area contributed by atoms with Crippen molar-refractivity contribution < 1.29 is 4.79 Å². The number of rotatable bonds is 5. The third-order valence-corrected chi connectivity index (χ3v) is 4.19. The maximum absolute atomic E-state index is 12.1. The first kappa shape index (κ1) is 15.5. The quantitative estimate of drug-likeness (QED) is 0.866. The molecule has 0 radical (unpaired) electrons. The van der Waals surface area contributed by atoms with E-state index in [-0.39, 0.29) is 5.91 Å². The van der Waals surface area contributed by atoms with Crippen molar-refractivity contribution in [3.63, 3.8) is 0 Å². The van der Waals surface area contributed by atoms with E-state index < -0.39 is 0 Å². The van der Waals surface area contributed by atoms with Gasteiger partial charge in [0.2, 0.25) is 5.91 Å². The molecule has 0 aliphatic carbocycles. The van der Waals surface area contributed by atoms with Crippen LogP contribution in [0.1, 0.15) is 19.3 Å². The van der Waals surface area contributed by atoms with Crippen LogP contribution in [0.2, 0.25) is 0 Å². The van der Waals surface area contributed by atoms with Crippen molar-refractivity contribution in [2.45, 2.75) is 25.3 Å². The van der Waals surface area contributed by atoms with Gasteiger partial charge in [-0.15, -0.1) is 0 Å². The summed E-state index contributed by atoms with van der Waals surface area (Å²) >= 11 is 3.39. The van der Waals surface area contributed by atoms with Crippen molar-refractivity contribution in [3.8, 4) is 0 Å². The Hall–Kier alpha value is -0.910. The van der Waals surface area contributed by atoms with Crippen LogP contribution < -0.4 is 10.6 Å². The van der Waals surface area contributed by atoms with E-state index in [0.29, 0.717) is 12.6 Å². The van der Waals surface area contributed by atoms with Crippen LogP contribution in [-0.4, -0.2) is 43.5 Å². The lowest BCUT2D eigenvalue weighted by Crippen LogP contribution is -2.47. The summed E-state index contributed by atoms with van der Waals surface area (Å²) in [4.78, 5) is 14.4. The highest BCUT2D eigenvalue weighted by Gasteiger charge is 2.23. The average Bonchev–Trinajstić information content (AvgIpc) is 2.44. The van der Waals surface area contributed by atoms with Crippen molar-refractivity contribution in [3.05, 3.63) is 28.7 Å². The number of nitrogens with zero attached hydrogens (tertiary/aromatic N) is 1. The summed E-state index contributed by atoms with van der Waals surface area (Å²) in [5.41, 5.74) is 0.848. The minimum absolute atomic E-state index is 0.0651. The second kappa shape index (κ2) is 7.76. The Morgan fingerprint density at radius 2 is 2.10 bits per heavy atom. The van der Waals surface area contributed by atoms with Crippen molar-refractivity contribution in [2.24, 2.45) is 0 Å². The maximum Gasteiger partial charge on any atom is 0.238 e. The highest BCUT2D eigenvalue weighted by Crippen LogP contribution is 2.17. The number of hydrogen-bond donors (Lipinski definition) is 2. The van der Waals surface area contributed by atoms with Gasteiger partial charge in [-0.1, -0.05) is 22.4 Å². The highest BCUT2D eigenvalue weighted by molar-refractivity contribution is 9.10. The lowest BCUT2D eigenvalue weighted by molar-refractivity contribution is -0.118. The van der Waals surface area contributed by atoms with Gasteiger partial charge in [-0.05, 0) is 50.7 Å². The fourth-order valence-electron chi connectivity index (χ4n) is 2.65. The van der Waals surface area contributed by atoms with Crippen LogP contribution in [0.4, 0.5) is 5.69 Å². The molecule has 2 rings (SSSR count). The van der Waals surface area contributed by atoms with Crippen molar-refractivity contribution in [2.75, 3.05) is 32.0 Å². The molecule has 1 aromatic carbocycles. The van der Waals surface area contributed by atoms with Gasteiger partial charge in [-0.2, -0.15) is 0 Å². The van der Waals surface area contributed by atoms with E-state index in [1.807, 2.05) is 31.3 Å². The van der Waals surface area contributed by atoms with Gasteiger partial charge in [0.25, 0.3) is 0 Å². The standard InChI is InChI=1S/C15H22BrN3O/c1-17-10-14-4-2-3-9-19(14)11-15(20)18-13-7-5-12(16)6-8-13/h5-8,14,17H,2-4,9-11H2,1H3,(H,18,20). The highest BCUT2D eigenvalue weighted by atomic mass is 79.9. The average molecular weight is 340 g/mol. The van der Waals surface area contributed by atoms with Crippen LogP contribution in [0.25, 0.3) is 0 Å². The molecule has 2 N–H and O–H groups in total. The van der Waals surface area contributed by atoms with E-state index in [2.05, 4.69) is 31.5 Å². The number of hydrogen-bond acceptors (Lipinski definition) is 3. The number of likely N-dealkylation sites (N-methyl/N-ethyl adjacent to an activating group) is 1. The van der Waals surface area contributed by atoms with E-state index in [1.165, 1.54) is 19.3 Å². The molecule has 1 atom stereocenters. The fraction of sp³-hybridized carbons (Fsp3) is 0.533. The Morgan fingerprint density at radius 1 is 1.35 bits per heavy atom. The van der Waals surface area contributed by atoms with Crippen molar-refractivity contribution in [1.82, 2.24) is 10.2 Å². The topological polar surface area (TPSA) is 44.4 Å². The number of benzene rings is 1. The molecule has 5 heteroatoms. The summed E-state index contributed by atoms with van der Waals surface area (Å²) in [5, 5.41) is 6.18. The van der Waals surface area contributed by atoms with Gasteiger partial charge < -0.3 is 10.6 Å². The van der Waals surface area contributed by atoms with Gasteiger partial charge in [-0.3, -0.25) is 9.69 Å². The molecule has 1 unspecified atom stereocenters. The molecule has 4 nitrogen and oxygen atoms in total. The number of amides is 1. The molecule has 110 valence electrons. The predicted molar refractivity (Wildman–Crippen MR) is 85.9 cm³/mol. The van der Waals surface area contributed by atoms with Crippen molar-refractivity contribution in [1.29, 1.82) is 0 Å². The lowest BCUT2D eigenvalue weighted by atomic mass is 10.0. The molecule has 1 aromatic rings. The Labute approximate surface area is 129 Å². The molecule has 1 aliphatic heterocycles. The van der Waals surface area contributed by atoms with Gasteiger partial charge >= 0.3 is 0 Å². The van der Waals surface area contributed by atoms with Crippen LogP contribution in [0, 0.1) is 0 Å². The van der Waals surface area contributed by atoms with Gasteiger partial charge in [0.1, 0.15) is 0 Å². The Bertz CT molecular complexity index is 433. The first-order valence-corrected chi connectivity index (χ1v) is 7.92. The van der Waals surface area contributed by atoms with E-state index >= 15 is 0 Å². The normalized spacial score (nSPS) is 19.8. The Morgan fingerprint density at radius 3 is 2.80 bits per heavy atom. The first-order chi connectivity index (χ1) is 9.69. The summed E-state index contributed by atoms with van der Waals surface area (Å²) in [6, 6.07) is 8.15. The summed E-state index contributed by atoms with van der Waals surface area (Å²) in [5.74, 6) is 0.0651. The van der Waals surface area contributed by atoms with Crippen LogP contribution in [0.3, 0.4) is 0 Å². The SMILES string of the molecule is CNCC1CCCCN1CC(=O)Nc1ccc(Br)cc1. The zero-order valence-electron chi connectivity index (χ0n) is 11.9. The minimum Gasteiger partial charge on any atom is -0.325 e. The molecule has 1 amide bonds. The van der Waals surface area contributed by atoms with E-state index in [9.17, 15) is 4.79 Å². The van der Waals surface area contributed by atoms with Gasteiger partial charge in [0, 0.05) is 22.7 Å². The second-order valence-electron chi connectivity index (χ2n) is 5.23. The number of carbonyl (C=O) groups is 1. The number of carbonyl (C=O) groups excluding carboxylic acids is 1. The van der Waals surface area contributed by atoms with Gasteiger partial charge in [-0.25, -0.2) is 0 Å². The molecule has 0 aromatic heterocycles. The third-order valence-electron chi connectivity index (χ3n) is 3.66. The second-order valence-corrected chi connectivity index (χ2v) is 6.15. The van der Waals surface area contributed by atoms with Gasteiger partial charge in [0.15, 0.2) is 0 Å². The molecule has 1 fully saturated rings. The molecule has 0 saturated carbocycles. The van der Waals surface area contributed by atoms with Gasteiger partial charge in [0.05, 0.1) is 6.54 Å². The number of piperidine rings is 1. The van der Waals surface area contributed by atoms with E-state index in [4.69, 9.17) is 0 Å². The van der Waals surface area contributed by atoms with E-state index in [1.54, 1.807) is 0 Å². The lowest BCUT2D eigenvalue weighted by Gasteiger charge is -2.35. The van der Waals surface area contributed by atoms with Crippen LogP contribution in [-0.2, 0) is 4.79 Å². The fourth-order valence-corrected chi connectivity index (χ4v) is 2.92. The predicted octanol–water partition coefficient (Wildman–Crippen LogP) is 2.46. The third kappa shape index (κ3) is 4.58. The first-order valence-electron chi connectivity index (χ1n) is 7.13. The van der Waals surface area contributed by atoms with Crippen LogP contribution in [0.15, 0.2) is 28.7 Å². The number of anilines is 1. The molecule has 0 spiro atoms. The Balaban J connectivity index is 1.87. The maximum atomic E-state index is 12.1. The summed E-state index contributed by atoms with van der Waals surface area (Å²) < 4.78 is 1.01. The summed E-state index contributed by atoms with van der Waals surface area (Å²) in [6.07, 6.45) is 3.62. The van der Waals surface area contributed by atoms with E-state index in [0.717, 1.165) is 23.2 Å². The molecule has 20 heavy (non-hydrogen) atoms. The molecular weight excluding hydrogens is 318 g/mol. The number of halogens is 1. The molecule has 1 saturated heterocycles. The molecule has 1 aliphatic rings. The smallest absolute Gasteiger partial charge is 0.238 e. The zero-order chi connectivity index (χ0) is 14.4. The summed E-state index contributed by atoms with van der Waals surface area (Å²) in [7, 11) is 1.97. The largest absolute Gasteiger partial charge is 0.325 e.